The first-order valence-corrected chi connectivity index (χ1v) is 10.5. The number of methoxy groups -OCH3 is 1. The molecule has 0 fully saturated rings. The molecule has 0 atom stereocenters. The number of benzene rings is 3. The van der Waals surface area contributed by atoms with E-state index in [1.54, 1.807) is 19.2 Å². The third kappa shape index (κ3) is 4.58. The van der Waals surface area contributed by atoms with Gasteiger partial charge in [0.05, 0.1) is 30.5 Å². The number of nitrogens with one attached hydrogen (secondary N) is 1. The second-order valence-electron chi connectivity index (χ2n) is 7.58. The second kappa shape index (κ2) is 9.58. The van der Waals surface area contributed by atoms with E-state index in [0.717, 1.165) is 22.4 Å². The predicted molar refractivity (Wildman–Crippen MR) is 128 cm³/mol. The van der Waals surface area contributed by atoms with Gasteiger partial charge in [0.1, 0.15) is 6.61 Å². The summed E-state index contributed by atoms with van der Waals surface area (Å²) in [6, 6.07) is 18.9. The Morgan fingerprint density at radius 1 is 1.09 bits per heavy atom. The molecule has 33 heavy (non-hydrogen) atoms. The minimum Gasteiger partial charge on any atom is -0.493 e. The Labute approximate surface area is 191 Å². The lowest BCUT2D eigenvalue weighted by Gasteiger charge is -2.18. The van der Waals surface area contributed by atoms with Gasteiger partial charge in [-0.3, -0.25) is 9.78 Å². The number of anilines is 2. The fraction of sp³-hybridized carbons (Fsp3) is 0.154. The Morgan fingerprint density at radius 3 is 2.58 bits per heavy atom. The van der Waals surface area contributed by atoms with E-state index in [-0.39, 0.29) is 12.2 Å². The van der Waals surface area contributed by atoms with Crippen LogP contribution in [0.2, 0.25) is 0 Å². The second-order valence-corrected chi connectivity index (χ2v) is 7.58. The molecule has 0 saturated heterocycles. The van der Waals surface area contributed by atoms with Crippen LogP contribution in [-0.4, -0.2) is 23.1 Å². The zero-order valence-corrected chi connectivity index (χ0v) is 18.5. The van der Waals surface area contributed by atoms with Gasteiger partial charge in [-0.05, 0) is 35.7 Å². The SMILES string of the molecule is COc1cc2ncc(C(N)=O)c(Nc3cccc(CO)c3C)c2cc1OCc1ccccc1. The average Bonchev–Trinajstić information content (AvgIpc) is 2.84. The van der Waals surface area contributed by atoms with E-state index in [2.05, 4.69) is 10.3 Å². The van der Waals surface area contributed by atoms with E-state index in [1.165, 1.54) is 6.20 Å². The summed E-state index contributed by atoms with van der Waals surface area (Å²) in [7, 11) is 1.57. The Hall–Kier alpha value is -4.10. The van der Waals surface area contributed by atoms with Crippen molar-refractivity contribution in [1.82, 2.24) is 4.98 Å². The van der Waals surface area contributed by atoms with Crippen LogP contribution in [0.25, 0.3) is 10.9 Å². The topological polar surface area (TPSA) is 107 Å². The van der Waals surface area contributed by atoms with Gasteiger partial charge >= 0.3 is 0 Å². The van der Waals surface area contributed by atoms with Crippen LogP contribution < -0.4 is 20.5 Å². The molecule has 7 nitrogen and oxygen atoms in total. The lowest BCUT2D eigenvalue weighted by Crippen LogP contribution is -2.14. The van der Waals surface area contributed by atoms with E-state index in [4.69, 9.17) is 15.2 Å². The molecule has 0 saturated carbocycles. The molecule has 7 heteroatoms. The number of aromatic nitrogens is 1. The van der Waals surface area contributed by atoms with Crippen molar-refractivity contribution in [2.45, 2.75) is 20.1 Å². The van der Waals surface area contributed by atoms with Gasteiger partial charge in [0.15, 0.2) is 11.5 Å². The van der Waals surface area contributed by atoms with Crippen LogP contribution in [0.1, 0.15) is 27.0 Å². The first-order valence-electron chi connectivity index (χ1n) is 10.5. The molecule has 0 aliphatic rings. The lowest BCUT2D eigenvalue weighted by molar-refractivity contribution is 0.100. The highest BCUT2D eigenvalue weighted by molar-refractivity contribution is 6.08. The minimum atomic E-state index is -0.606. The number of nitrogens with zero attached hydrogens (tertiary/aromatic N) is 1. The van der Waals surface area contributed by atoms with Crippen molar-refractivity contribution < 1.29 is 19.4 Å². The fourth-order valence-corrected chi connectivity index (χ4v) is 3.65. The number of hydrogen-bond donors (Lipinski definition) is 3. The van der Waals surface area contributed by atoms with Gasteiger partial charge in [-0.1, -0.05) is 42.5 Å². The molecule has 0 radical (unpaired) electrons. The quantitative estimate of drug-likeness (QED) is 0.371. The van der Waals surface area contributed by atoms with E-state index < -0.39 is 5.91 Å². The Kier molecular flexibility index (Phi) is 6.42. The molecule has 0 unspecified atom stereocenters. The van der Waals surface area contributed by atoms with Gasteiger partial charge in [-0.15, -0.1) is 0 Å². The number of primary amides is 1. The number of rotatable bonds is 8. The normalized spacial score (nSPS) is 10.8. The predicted octanol–water partition coefficient (Wildman–Crippen LogP) is 4.47. The van der Waals surface area contributed by atoms with E-state index >= 15 is 0 Å². The van der Waals surface area contributed by atoms with Crippen LogP contribution >= 0.6 is 0 Å². The third-order valence-corrected chi connectivity index (χ3v) is 5.53. The molecule has 4 aromatic rings. The van der Waals surface area contributed by atoms with Crippen molar-refractivity contribution >= 4 is 28.2 Å². The number of fused-ring (bicyclic) bond motifs is 1. The van der Waals surface area contributed by atoms with Crippen molar-refractivity contribution in [1.29, 1.82) is 0 Å². The van der Waals surface area contributed by atoms with Crippen LogP contribution in [0.15, 0.2) is 66.9 Å². The number of amides is 1. The summed E-state index contributed by atoms with van der Waals surface area (Å²) in [5.41, 5.74) is 10.5. The van der Waals surface area contributed by atoms with Crippen molar-refractivity contribution in [2.24, 2.45) is 5.73 Å². The van der Waals surface area contributed by atoms with Gasteiger partial charge in [0.25, 0.3) is 5.91 Å². The maximum atomic E-state index is 12.2. The molecule has 0 aliphatic heterocycles. The van der Waals surface area contributed by atoms with Crippen molar-refractivity contribution in [3.05, 3.63) is 89.1 Å². The minimum absolute atomic E-state index is 0.0875. The monoisotopic (exact) mass is 443 g/mol. The molecule has 0 spiro atoms. The van der Waals surface area contributed by atoms with E-state index in [9.17, 15) is 9.90 Å². The zero-order valence-electron chi connectivity index (χ0n) is 18.5. The molecule has 4 N–H and O–H groups in total. The molecule has 168 valence electrons. The maximum Gasteiger partial charge on any atom is 0.252 e. The molecule has 0 bridgehead atoms. The molecular formula is C26H25N3O4. The highest BCUT2D eigenvalue weighted by Crippen LogP contribution is 2.38. The number of carbonyl (C=O) groups excluding carboxylic acids is 1. The van der Waals surface area contributed by atoms with Crippen LogP contribution in [0.5, 0.6) is 11.5 Å². The number of aliphatic hydroxyl groups excluding tert-OH is 1. The number of nitrogens with two attached hydrogens (primary N) is 1. The summed E-state index contributed by atoms with van der Waals surface area (Å²) in [4.78, 5) is 16.6. The van der Waals surface area contributed by atoms with Crippen molar-refractivity contribution in [2.75, 3.05) is 12.4 Å². The standard InChI is InChI=1S/C26H25N3O4/c1-16-18(14-30)9-6-10-21(16)29-25-19-11-24(33-15-17-7-4-3-5-8-17)23(32-2)12-22(19)28-13-20(25)26(27)31/h3-13,30H,14-15H2,1-2H3,(H2,27,31)(H,28,29). The summed E-state index contributed by atoms with van der Waals surface area (Å²) < 4.78 is 11.6. The number of aliphatic hydroxyl groups is 1. The summed E-state index contributed by atoms with van der Waals surface area (Å²) >= 11 is 0. The van der Waals surface area contributed by atoms with Gasteiger partial charge in [-0.2, -0.15) is 0 Å². The number of hydrogen-bond acceptors (Lipinski definition) is 6. The molecule has 1 amide bonds. The van der Waals surface area contributed by atoms with Gasteiger partial charge in [0, 0.05) is 23.3 Å². The lowest BCUT2D eigenvalue weighted by atomic mass is 10.0. The number of pyridine rings is 1. The molecule has 1 heterocycles. The van der Waals surface area contributed by atoms with Crippen LogP contribution in [0.4, 0.5) is 11.4 Å². The maximum absolute atomic E-state index is 12.2. The summed E-state index contributed by atoms with van der Waals surface area (Å²) in [5.74, 6) is 0.439. The number of carbonyl (C=O) groups is 1. The van der Waals surface area contributed by atoms with Gasteiger partial charge < -0.3 is 25.6 Å². The fourth-order valence-electron chi connectivity index (χ4n) is 3.65. The molecular weight excluding hydrogens is 418 g/mol. The Morgan fingerprint density at radius 2 is 1.88 bits per heavy atom. The summed E-state index contributed by atoms with van der Waals surface area (Å²) in [5, 5.41) is 13.6. The first kappa shape index (κ1) is 22.1. The highest BCUT2D eigenvalue weighted by Gasteiger charge is 2.18. The number of ether oxygens (including phenoxy) is 2. The molecule has 4 rings (SSSR count). The Balaban J connectivity index is 1.83. The van der Waals surface area contributed by atoms with E-state index in [0.29, 0.717) is 34.7 Å². The van der Waals surface area contributed by atoms with E-state index in [1.807, 2.05) is 55.5 Å². The first-order chi connectivity index (χ1) is 16.0. The smallest absolute Gasteiger partial charge is 0.252 e. The Bertz CT molecular complexity index is 1310. The average molecular weight is 444 g/mol. The van der Waals surface area contributed by atoms with Gasteiger partial charge in [-0.25, -0.2) is 0 Å². The van der Waals surface area contributed by atoms with Crippen molar-refractivity contribution in [3.63, 3.8) is 0 Å². The zero-order chi connectivity index (χ0) is 23.4. The molecule has 1 aromatic heterocycles. The summed E-state index contributed by atoms with van der Waals surface area (Å²) in [6.45, 7) is 2.17. The van der Waals surface area contributed by atoms with Crippen molar-refractivity contribution in [3.8, 4) is 11.5 Å². The highest BCUT2D eigenvalue weighted by atomic mass is 16.5. The van der Waals surface area contributed by atoms with Crippen LogP contribution in [0.3, 0.4) is 0 Å². The van der Waals surface area contributed by atoms with Crippen LogP contribution in [0, 0.1) is 6.92 Å². The van der Waals surface area contributed by atoms with Gasteiger partial charge in [0.2, 0.25) is 0 Å². The third-order valence-electron chi connectivity index (χ3n) is 5.53. The summed E-state index contributed by atoms with van der Waals surface area (Å²) in [6.07, 6.45) is 1.45. The molecule has 0 aliphatic carbocycles. The largest absolute Gasteiger partial charge is 0.493 e. The molecule has 3 aromatic carbocycles. The van der Waals surface area contributed by atoms with Crippen LogP contribution in [-0.2, 0) is 13.2 Å².